The van der Waals surface area contributed by atoms with E-state index in [1.165, 1.54) is 13.2 Å². The molecule has 1 aromatic rings. The quantitative estimate of drug-likeness (QED) is 0.820. The molecule has 6 nitrogen and oxygen atoms in total. The van der Waals surface area contributed by atoms with Crippen molar-refractivity contribution in [1.29, 1.82) is 0 Å². The molecule has 29 heavy (non-hydrogen) atoms. The number of carbonyl (C=O) groups excluding carboxylic acids is 2. The van der Waals surface area contributed by atoms with Gasteiger partial charge < -0.3 is 19.7 Å². The van der Waals surface area contributed by atoms with Crippen LogP contribution in [0.1, 0.15) is 31.3 Å². The Bertz CT molecular complexity index is 817. The van der Waals surface area contributed by atoms with E-state index < -0.39 is 12.5 Å². The third-order valence-corrected chi connectivity index (χ3v) is 6.32. The molecule has 2 saturated carbocycles. The summed E-state index contributed by atoms with van der Waals surface area (Å²) in [5.74, 6) is 0.592. The molecule has 0 aromatic heterocycles. The number of hydrogen-bond donors (Lipinski definition) is 1. The number of piperidine rings is 1. The zero-order valence-corrected chi connectivity index (χ0v) is 16.2. The highest BCUT2D eigenvalue weighted by Gasteiger charge is 2.58. The van der Waals surface area contributed by atoms with Gasteiger partial charge in [0.05, 0.1) is 7.11 Å². The average Bonchev–Trinajstić information content (AvgIpc) is 3.10. The molecule has 0 spiro atoms. The Balaban J connectivity index is 0.00000256. The maximum Gasteiger partial charge on any atom is 0.573 e. The molecule has 9 heteroatoms. The number of amides is 2. The lowest BCUT2D eigenvalue weighted by Crippen LogP contribution is -2.50. The number of alkyl halides is 3. The lowest BCUT2D eigenvalue weighted by atomic mass is 9.79. The van der Waals surface area contributed by atoms with Gasteiger partial charge in [-0.25, -0.2) is 4.79 Å². The van der Waals surface area contributed by atoms with E-state index in [9.17, 15) is 22.8 Å². The van der Waals surface area contributed by atoms with Gasteiger partial charge in [0, 0.05) is 26.5 Å². The van der Waals surface area contributed by atoms with Gasteiger partial charge in [-0.2, -0.15) is 0 Å². The van der Waals surface area contributed by atoms with Crippen molar-refractivity contribution >= 4 is 12.0 Å². The van der Waals surface area contributed by atoms with Crippen molar-refractivity contribution in [3.05, 3.63) is 29.3 Å². The van der Waals surface area contributed by atoms with Gasteiger partial charge in [0.25, 0.3) is 0 Å². The van der Waals surface area contributed by atoms with Gasteiger partial charge in [0.15, 0.2) is 0 Å². The molecule has 1 heterocycles. The SMILES string of the molecule is COC(=O)NC1CC(C(=O)N2C[C@@H]3C(c4ccc(C)c(OC(F)(F)F)c4)[C@@H]3C2)C1.[HH]. The average molecular weight is 414 g/mol. The minimum Gasteiger partial charge on any atom is -0.453 e. The van der Waals surface area contributed by atoms with Gasteiger partial charge in [-0.05, 0) is 54.7 Å². The summed E-state index contributed by atoms with van der Waals surface area (Å²) >= 11 is 0. The fourth-order valence-corrected chi connectivity index (χ4v) is 4.68. The normalized spacial score (nSPS) is 30.2. The number of fused-ring (bicyclic) bond motifs is 1. The van der Waals surface area contributed by atoms with Crippen LogP contribution in [0.15, 0.2) is 18.2 Å². The number of hydrogen-bond acceptors (Lipinski definition) is 4. The smallest absolute Gasteiger partial charge is 0.453 e. The van der Waals surface area contributed by atoms with Gasteiger partial charge in [-0.1, -0.05) is 12.1 Å². The molecule has 1 unspecified atom stereocenters. The molecular formula is C20H25F3N2O4. The summed E-state index contributed by atoms with van der Waals surface area (Å²) in [5.41, 5.74) is 1.27. The number of ether oxygens (including phenoxy) is 2. The van der Waals surface area contributed by atoms with Gasteiger partial charge >= 0.3 is 12.5 Å². The second-order valence-electron chi connectivity index (χ2n) is 8.17. The highest BCUT2D eigenvalue weighted by atomic mass is 19.4. The zero-order valence-electron chi connectivity index (χ0n) is 16.2. The van der Waals surface area contributed by atoms with Gasteiger partial charge in [-0.15, -0.1) is 13.2 Å². The van der Waals surface area contributed by atoms with Crippen LogP contribution in [0, 0.1) is 24.7 Å². The van der Waals surface area contributed by atoms with Crippen molar-refractivity contribution < 1.29 is 33.7 Å². The second-order valence-corrected chi connectivity index (χ2v) is 8.17. The number of halogens is 3. The third kappa shape index (κ3) is 4.00. The van der Waals surface area contributed by atoms with E-state index in [-0.39, 0.29) is 42.8 Å². The fraction of sp³-hybridized carbons (Fsp3) is 0.600. The summed E-state index contributed by atoms with van der Waals surface area (Å²) in [7, 11) is 1.30. The van der Waals surface area contributed by atoms with Crippen molar-refractivity contribution in [1.82, 2.24) is 10.2 Å². The van der Waals surface area contributed by atoms with Crippen molar-refractivity contribution in [2.45, 2.75) is 38.1 Å². The molecule has 1 N–H and O–H groups in total. The predicted octanol–water partition coefficient (Wildman–Crippen LogP) is 3.45. The number of methoxy groups -OCH3 is 1. The van der Waals surface area contributed by atoms with E-state index in [2.05, 4.69) is 14.8 Å². The first kappa shape index (κ1) is 19.8. The number of carbonyl (C=O) groups is 2. The molecule has 0 bridgehead atoms. The number of aryl methyl sites for hydroxylation is 1. The third-order valence-electron chi connectivity index (χ3n) is 6.32. The Hall–Kier alpha value is -2.45. The van der Waals surface area contributed by atoms with E-state index in [4.69, 9.17) is 0 Å². The Labute approximate surface area is 167 Å². The Morgan fingerprint density at radius 1 is 1.21 bits per heavy atom. The lowest BCUT2D eigenvalue weighted by molar-refractivity contribution is -0.274. The zero-order chi connectivity index (χ0) is 20.9. The molecule has 1 aliphatic heterocycles. The van der Waals surface area contributed by atoms with E-state index in [1.54, 1.807) is 13.0 Å². The van der Waals surface area contributed by atoms with Crippen LogP contribution in [0.25, 0.3) is 0 Å². The van der Waals surface area contributed by atoms with Gasteiger partial charge in [-0.3, -0.25) is 4.79 Å². The summed E-state index contributed by atoms with van der Waals surface area (Å²) in [6.07, 6.45) is -3.98. The number of nitrogens with one attached hydrogen (secondary N) is 1. The van der Waals surface area contributed by atoms with E-state index in [0.29, 0.717) is 31.5 Å². The van der Waals surface area contributed by atoms with Crippen molar-refractivity contribution in [3.63, 3.8) is 0 Å². The molecule has 3 atom stereocenters. The molecule has 3 aliphatic rings. The molecule has 0 radical (unpaired) electrons. The number of benzene rings is 1. The summed E-state index contributed by atoms with van der Waals surface area (Å²) in [6, 6.07) is 4.95. The van der Waals surface area contributed by atoms with Crippen molar-refractivity contribution in [2.75, 3.05) is 20.2 Å². The minimum atomic E-state index is -4.71. The number of likely N-dealkylation sites (tertiary alicyclic amines) is 1. The van der Waals surface area contributed by atoms with Crippen LogP contribution >= 0.6 is 0 Å². The fourth-order valence-electron chi connectivity index (χ4n) is 4.68. The topological polar surface area (TPSA) is 67.9 Å². The molecule has 1 saturated heterocycles. The van der Waals surface area contributed by atoms with Crippen LogP contribution in [0.3, 0.4) is 0 Å². The summed E-state index contributed by atoms with van der Waals surface area (Å²) < 4.78 is 46.4. The van der Waals surface area contributed by atoms with E-state index >= 15 is 0 Å². The first-order chi connectivity index (χ1) is 13.7. The minimum absolute atomic E-state index is 0. The van der Waals surface area contributed by atoms with Crippen LogP contribution in [-0.2, 0) is 9.53 Å². The molecular weight excluding hydrogens is 389 g/mol. The first-order valence-corrected chi connectivity index (χ1v) is 9.66. The molecule has 4 rings (SSSR count). The van der Waals surface area contributed by atoms with Gasteiger partial charge in [0.1, 0.15) is 5.75 Å². The van der Waals surface area contributed by atoms with Crippen molar-refractivity contribution in [2.24, 2.45) is 17.8 Å². The van der Waals surface area contributed by atoms with Crippen LogP contribution in [0.5, 0.6) is 5.75 Å². The number of rotatable bonds is 4. The maximum atomic E-state index is 12.6. The summed E-state index contributed by atoms with van der Waals surface area (Å²) in [4.78, 5) is 25.7. The standard InChI is InChI=1S/C20H23F3N2O4.H2/c1-10-3-4-11(7-16(10)29-20(21,22)23)17-14-8-25(9-15(14)17)18(26)12-5-13(6-12)24-19(27)28-2;/h3-4,7,12-15,17H,5-6,8-9H2,1-2H3,(H,24,27);1H/t12?,13?,14-,15+,17?;. The number of nitrogens with zero attached hydrogens (tertiary/aromatic N) is 1. The van der Waals surface area contributed by atoms with Crippen molar-refractivity contribution in [3.8, 4) is 5.75 Å². The van der Waals surface area contributed by atoms with Crippen LogP contribution < -0.4 is 10.1 Å². The Morgan fingerprint density at radius 2 is 1.86 bits per heavy atom. The Kier molecular flexibility index (Phi) is 4.86. The summed E-state index contributed by atoms with van der Waals surface area (Å²) in [6.45, 7) is 2.84. The highest BCUT2D eigenvalue weighted by Crippen LogP contribution is 2.59. The monoisotopic (exact) mass is 414 g/mol. The van der Waals surface area contributed by atoms with E-state index in [1.807, 2.05) is 11.0 Å². The first-order valence-electron chi connectivity index (χ1n) is 9.66. The largest absolute Gasteiger partial charge is 0.573 e. The molecule has 3 fully saturated rings. The Morgan fingerprint density at radius 3 is 2.45 bits per heavy atom. The van der Waals surface area contributed by atoms with Crippen LogP contribution in [0.4, 0.5) is 18.0 Å². The predicted molar refractivity (Wildman–Crippen MR) is 98.3 cm³/mol. The van der Waals surface area contributed by atoms with Gasteiger partial charge in [0.2, 0.25) is 5.91 Å². The van der Waals surface area contributed by atoms with Crippen LogP contribution in [-0.4, -0.2) is 49.5 Å². The number of alkyl carbamates (subject to hydrolysis) is 1. The molecule has 160 valence electrons. The second kappa shape index (κ2) is 7.11. The van der Waals surface area contributed by atoms with E-state index in [0.717, 1.165) is 5.56 Å². The maximum absolute atomic E-state index is 12.6. The molecule has 2 aliphatic carbocycles. The summed E-state index contributed by atoms with van der Waals surface area (Å²) in [5, 5.41) is 2.69. The lowest BCUT2D eigenvalue weighted by Gasteiger charge is -2.37. The molecule has 2 amide bonds. The highest BCUT2D eigenvalue weighted by molar-refractivity contribution is 5.81. The molecule has 1 aromatic carbocycles. The van der Waals surface area contributed by atoms with Crippen LogP contribution in [0.2, 0.25) is 0 Å².